The van der Waals surface area contributed by atoms with Crippen LogP contribution in [0.3, 0.4) is 0 Å². The zero-order valence-electron chi connectivity index (χ0n) is 13.9. The summed E-state index contributed by atoms with van der Waals surface area (Å²) < 4.78 is 26.5. The molecular formula is C19H21F2N3O. The molecule has 2 aromatic rings. The van der Waals surface area contributed by atoms with E-state index in [1.54, 1.807) is 18.3 Å². The van der Waals surface area contributed by atoms with Crippen LogP contribution in [0, 0.1) is 11.6 Å². The lowest BCUT2D eigenvalue weighted by Gasteiger charge is -2.17. The first kappa shape index (κ1) is 17.3. The molecule has 1 aliphatic carbocycles. The zero-order chi connectivity index (χ0) is 17.6. The molecule has 1 aromatic carbocycles. The Hall–Kier alpha value is -2.50. The van der Waals surface area contributed by atoms with Crippen molar-refractivity contribution in [1.82, 2.24) is 4.98 Å². The summed E-state index contributed by atoms with van der Waals surface area (Å²) in [5.41, 5.74) is 0.973. The molecule has 132 valence electrons. The number of nitrogens with zero attached hydrogens (tertiary/aromatic N) is 1. The highest BCUT2D eigenvalue weighted by atomic mass is 19.1. The van der Waals surface area contributed by atoms with E-state index in [-0.39, 0.29) is 11.4 Å². The van der Waals surface area contributed by atoms with Crippen LogP contribution in [0.4, 0.5) is 20.2 Å². The number of halogens is 2. The molecule has 0 unspecified atom stereocenters. The average molecular weight is 345 g/mol. The summed E-state index contributed by atoms with van der Waals surface area (Å²) in [6.45, 7) is 0. The number of aromatic nitrogens is 1. The van der Waals surface area contributed by atoms with Gasteiger partial charge in [-0.1, -0.05) is 25.7 Å². The molecule has 0 aliphatic heterocycles. The van der Waals surface area contributed by atoms with Crippen LogP contribution in [0.15, 0.2) is 36.5 Å². The van der Waals surface area contributed by atoms with E-state index in [0.29, 0.717) is 6.04 Å². The summed E-state index contributed by atoms with van der Waals surface area (Å²) in [6, 6.07) is 6.83. The molecule has 0 radical (unpaired) electrons. The first-order valence-electron chi connectivity index (χ1n) is 8.61. The molecule has 0 atom stereocenters. The summed E-state index contributed by atoms with van der Waals surface area (Å²) in [4.78, 5) is 16.3. The van der Waals surface area contributed by atoms with Crippen LogP contribution in [-0.4, -0.2) is 16.9 Å². The molecule has 1 amide bonds. The topological polar surface area (TPSA) is 54.0 Å². The molecule has 3 rings (SSSR count). The van der Waals surface area contributed by atoms with Crippen LogP contribution in [0.5, 0.6) is 0 Å². The molecule has 2 N–H and O–H groups in total. The van der Waals surface area contributed by atoms with Gasteiger partial charge in [-0.05, 0) is 37.1 Å². The molecule has 1 fully saturated rings. The quantitative estimate of drug-likeness (QED) is 0.787. The van der Waals surface area contributed by atoms with Gasteiger partial charge in [-0.2, -0.15) is 0 Å². The standard InChI is InChI=1S/C19H21F2N3O/c20-13-7-9-17(16(21)11-13)24-19(25)18-10-8-15(12-22-18)23-14-5-3-1-2-4-6-14/h7-12,14,23H,1-6H2,(H,24,25). The number of carbonyl (C=O) groups is 1. The second-order valence-corrected chi connectivity index (χ2v) is 6.34. The molecular weight excluding hydrogens is 324 g/mol. The van der Waals surface area contributed by atoms with Crippen molar-refractivity contribution in [3.05, 3.63) is 53.9 Å². The Labute approximate surface area is 145 Å². The predicted molar refractivity (Wildman–Crippen MR) is 93.7 cm³/mol. The number of rotatable bonds is 4. The molecule has 0 spiro atoms. The van der Waals surface area contributed by atoms with E-state index < -0.39 is 17.5 Å². The van der Waals surface area contributed by atoms with Gasteiger partial charge >= 0.3 is 0 Å². The van der Waals surface area contributed by atoms with Crippen LogP contribution in [-0.2, 0) is 0 Å². The van der Waals surface area contributed by atoms with Crippen molar-refractivity contribution in [2.75, 3.05) is 10.6 Å². The maximum Gasteiger partial charge on any atom is 0.274 e. The second kappa shape index (κ2) is 8.05. The fraction of sp³-hybridized carbons (Fsp3) is 0.368. The lowest BCUT2D eigenvalue weighted by molar-refractivity contribution is 0.102. The first-order valence-corrected chi connectivity index (χ1v) is 8.61. The van der Waals surface area contributed by atoms with Crippen molar-refractivity contribution in [2.24, 2.45) is 0 Å². The van der Waals surface area contributed by atoms with Crippen molar-refractivity contribution in [1.29, 1.82) is 0 Å². The minimum absolute atomic E-state index is 0.0751. The van der Waals surface area contributed by atoms with Gasteiger partial charge in [-0.15, -0.1) is 0 Å². The van der Waals surface area contributed by atoms with E-state index >= 15 is 0 Å². The van der Waals surface area contributed by atoms with Gasteiger partial charge in [-0.3, -0.25) is 4.79 Å². The maximum atomic E-state index is 13.6. The van der Waals surface area contributed by atoms with E-state index in [2.05, 4.69) is 15.6 Å². The molecule has 1 aliphatic rings. The summed E-state index contributed by atoms with van der Waals surface area (Å²) in [6.07, 6.45) is 8.94. The monoisotopic (exact) mass is 345 g/mol. The number of pyridine rings is 1. The Bertz CT molecular complexity index is 726. The van der Waals surface area contributed by atoms with Gasteiger partial charge in [-0.25, -0.2) is 13.8 Å². The van der Waals surface area contributed by atoms with Crippen LogP contribution >= 0.6 is 0 Å². The van der Waals surface area contributed by atoms with E-state index in [4.69, 9.17) is 0 Å². The Morgan fingerprint density at radius 2 is 1.80 bits per heavy atom. The number of hydrogen-bond donors (Lipinski definition) is 2. The third-order valence-electron chi connectivity index (χ3n) is 4.40. The summed E-state index contributed by atoms with van der Waals surface area (Å²) >= 11 is 0. The largest absolute Gasteiger partial charge is 0.381 e. The molecule has 1 aromatic heterocycles. The highest BCUT2D eigenvalue weighted by Gasteiger charge is 2.14. The summed E-state index contributed by atoms with van der Waals surface area (Å²) in [5, 5.41) is 5.86. The van der Waals surface area contributed by atoms with Crippen LogP contribution < -0.4 is 10.6 Å². The molecule has 4 nitrogen and oxygen atoms in total. The number of carbonyl (C=O) groups excluding carboxylic acids is 1. The van der Waals surface area contributed by atoms with Crippen LogP contribution in [0.25, 0.3) is 0 Å². The SMILES string of the molecule is O=C(Nc1ccc(F)cc1F)c1ccc(NC2CCCCCC2)cn1. The summed E-state index contributed by atoms with van der Waals surface area (Å²) in [5.74, 6) is -2.05. The fourth-order valence-corrected chi connectivity index (χ4v) is 3.05. The molecule has 0 saturated heterocycles. The molecule has 25 heavy (non-hydrogen) atoms. The highest BCUT2D eigenvalue weighted by Crippen LogP contribution is 2.21. The normalized spacial score (nSPS) is 15.4. The number of amides is 1. The van der Waals surface area contributed by atoms with Crippen LogP contribution in [0.2, 0.25) is 0 Å². The summed E-state index contributed by atoms with van der Waals surface area (Å²) in [7, 11) is 0. The number of nitrogens with one attached hydrogen (secondary N) is 2. The highest BCUT2D eigenvalue weighted by molar-refractivity contribution is 6.03. The number of hydrogen-bond acceptors (Lipinski definition) is 3. The molecule has 0 bridgehead atoms. The minimum atomic E-state index is -0.819. The molecule has 1 saturated carbocycles. The van der Waals surface area contributed by atoms with Gasteiger partial charge in [0.2, 0.25) is 0 Å². The third-order valence-corrected chi connectivity index (χ3v) is 4.40. The van der Waals surface area contributed by atoms with Gasteiger partial charge in [0.05, 0.1) is 17.6 Å². The van der Waals surface area contributed by atoms with Crippen molar-refractivity contribution >= 4 is 17.3 Å². The van der Waals surface area contributed by atoms with E-state index in [9.17, 15) is 13.6 Å². The Balaban J connectivity index is 1.62. The molecule has 1 heterocycles. The Kier molecular flexibility index (Phi) is 5.58. The van der Waals surface area contributed by atoms with E-state index in [1.807, 2.05) is 0 Å². The van der Waals surface area contributed by atoms with Gasteiger partial charge in [0.25, 0.3) is 5.91 Å². The lowest BCUT2D eigenvalue weighted by Crippen LogP contribution is -2.19. The number of benzene rings is 1. The van der Waals surface area contributed by atoms with Crippen LogP contribution in [0.1, 0.15) is 49.0 Å². The third kappa shape index (κ3) is 4.75. The lowest BCUT2D eigenvalue weighted by atomic mass is 10.1. The maximum absolute atomic E-state index is 13.6. The van der Waals surface area contributed by atoms with E-state index in [1.165, 1.54) is 31.7 Å². The number of anilines is 2. The van der Waals surface area contributed by atoms with Crippen molar-refractivity contribution in [3.63, 3.8) is 0 Å². The van der Waals surface area contributed by atoms with Crippen molar-refractivity contribution in [3.8, 4) is 0 Å². The fourth-order valence-electron chi connectivity index (χ4n) is 3.05. The van der Waals surface area contributed by atoms with Gasteiger partial charge in [0, 0.05) is 12.1 Å². The van der Waals surface area contributed by atoms with Crippen molar-refractivity contribution in [2.45, 2.75) is 44.6 Å². The molecule has 6 heteroatoms. The van der Waals surface area contributed by atoms with Gasteiger partial charge in [0.1, 0.15) is 17.3 Å². The Morgan fingerprint density at radius 3 is 2.44 bits per heavy atom. The first-order chi connectivity index (χ1) is 12.1. The zero-order valence-corrected chi connectivity index (χ0v) is 13.9. The van der Waals surface area contributed by atoms with Gasteiger partial charge < -0.3 is 10.6 Å². The van der Waals surface area contributed by atoms with Crippen molar-refractivity contribution < 1.29 is 13.6 Å². The smallest absolute Gasteiger partial charge is 0.274 e. The van der Waals surface area contributed by atoms with E-state index in [0.717, 1.165) is 30.7 Å². The minimum Gasteiger partial charge on any atom is -0.381 e. The average Bonchev–Trinajstić information content (AvgIpc) is 2.87. The van der Waals surface area contributed by atoms with Gasteiger partial charge in [0.15, 0.2) is 0 Å². The predicted octanol–water partition coefficient (Wildman–Crippen LogP) is 4.75. The Morgan fingerprint density at radius 1 is 1.04 bits per heavy atom. The second-order valence-electron chi connectivity index (χ2n) is 6.34.